The molecule has 1 rings (SSSR count). The van der Waals surface area contributed by atoms with Gasteiger partial charge in [0.2, 0.25) is 5.91 Å². The third kappa shape index (κ3) is 6.06. The van der Waals surface area contributed by atoms with E-state index < -0.39 is 0 Å². The molecule has 1 amide bonds. The van der Waals surface area contributed by atoms with Crippen LogP contribution in [-0.2, 0) is 4.79 Å². The zero-order valence-corrected chi connectivity index (χ0v) is 11.5. The van der Waals surface area contributed by atoms with Crippen molar-refractivity contribution in [1.29, 1.82) is 0 Å². The van der Waals surface area contributed by atoms with Gasteiger partial charge in [-0.2, -0.15) is 0 Å². The van der Waals surface area contributed by atoms with Crippen LogP contribution in [0.4, 0.5) is 0 Å². The van der Waals surface area contributed by atoms with Crippen molar-refractivity contribution in [2.75, 3.05) is 20.1 Å². The predicted octanol–water partition coefficient (Wildman–Crippen LogP) is 2.56. The number of hydrogen-bond donors (Lipinski definition) is 1. The van der Waals surface area contributed by atoms with E-state index in [0.29, 0.717) is 12.6 Å². The van der Waals surface area contributed by atoms with Gasteiger partial charge in [-0.1, -0.05) is 39.0 Å². The quantitative estimate of drug-likeness (QED) is 0.571. The number of likely N-dealkylation sites (N-methyl/N-ethyl adjacent to an activating group) is 1. The van der Waals surface area contributed by atoms with Gasteiger partial charge < -0.3 is 5.32 Å². The van der Waals surface area contributed by atoms with Crippen molar-refractivity contribution in [2.45, 2.75) is 64.3 Å². The van der Waals surface area contributed by atoms with Crippen molar-refractivity contribution in [2.24, 2.45) is 0 Å². The molecular weight excluding hydrogens is 212 g/mol. The van der Waals surface area contributed by atoms with Crippen LogP contribution in [0.5, 0.6) is 0 Å². The lowest BCUT2D eigenvalue weighted by atomic mass is 10.1. The number of unbranched alkanes of at least 4 members (excludes halogenated alkanes) is 1. The molecule has 0 aliphatic heterocycles. The van der Waals surface area contributed by atoms with Crippen LogP contribution in [0.2, 0.25) is 0 Å². The molecule has 1 fully saturated rings. The van der Waals surface area contributed by atoms with E-state index >= 15 is 0 Å². The number of nitrogens with one attached hydrogen (secondary N) is 1. The number of rotatable bonds is 6. The molecule has 1 aliphatic carbocycles. The lowest BCUT2D eigenvalue weighted by Crippen LogP contribution is -2.40. The zero-order valence-electron chi connectivity index (χ0n) is 11.5. The van der Waals surface area contributed by atoms with Gasteiger partial charge in [0.05, 0.1) is 6.54 Å². The molecule has 0 aromatic rings. The first kappa shape index (κ1) is 14.5. The van der Waals surface area contributed by atoms with Crippen LogP contribution in [0.25, 0.3) is 0 Å². The Morgan fingerprint density at radius 2 is 1.88 bits per heavy atom. The average Bonchev–Trinajstić information content (AvgIpc) is 2.57. The monoisotopic (exact) mass is 240 g/mol. The molecule has 0 aromatic heterocycles. The number of amides is 1. The SMILES string of the molecule is CCCCNC(=O)CN(C)C1CCCCCC1. The molecule has 0 spiro atoms. The molecule has 3 heteroatoms. The van der Waals surface area contributed by atoms with Crippen LogP contribution in [0.15, 0.2) is 0 Å². The van der Waals surface area contributed by atoms with Gasteiger partial charge in [-0.3, -0.25) is 9.69 Å². The van der Waals surface area contributed by atoms with E-state index in [1.807, 2.05) is 0 Å². The third-order valence-corrected chi connectivity index (χ3v) is 3.69. The summed E-state index contributed by atoms with van der Waals surface area (Å²) in [6.45, 7) is 3.53. The lowest BCUT2D eigenvalue weighted by Gasteiger charge is -2.26. The van der Waals surface area contributed by atoms with Crippen molar-refractivity contribution in [3.8, 4) is 0 Å². The van der Waals surface area contributed by atoms with Gasteiger partial charge in [0.25, 0.3) is 0 Å². The second-order valence-corrected chi connectivity index (χ2v) is 5.26. The highest BCUT2D eigenvalue weighted by molar-refractivity contribution is 5.77. The molecule has 0 unspecified atom stereocenters. The number of carbonyl (C=O) groups is 1. The maximum Gasteiger partial charge on any atom is 0.234 e. The van der Waals surface area contributed by atoms with Crippen molar-refractivity contribution in [3.63, 3.8) is 0 Å². The summed E-state index contributed by atoms with van der Waals surface area (Å²) in [7, 11) is 2.09. The fourth-order valence-electron chi connectivity index (χ4n) is 2.51. The van der Waals surface area contributed by atoms with E-state index in [1.54, 1.807) is 0 Å². The number of carbonyl (C=O) groups excluding carboxylic acids is 1. The average molecular weight is 240 g/mol. The van der Waals surface area contributed by atoms with E-state index in [0.717, 1.165) is 19.4 Å². The standard InChI is InChI=1S/C14H28N2O/c1-3-4-11-15-14(17)12-16(2)13-9-7-5-6-8-10-13/h13H,3-12H2,1-2H3,(H,15,17). The van der Waals surface area contributed by atoms with E-state index in [1.165, 1.54) is 38.5 Å². The van der Waals surface area contributed by atoms with Gasteiger partial charge in [0.15, 0.2) is 0 Å². The first-order valence-corrected chi connectivity index (χ1v) is 7.21. The number of hydrogen-bond acceptors (Lipinski definition) is 2. The summed E-state index contributed by atoms with van der Waals surface area (Å²) in [6, 6.07) is 0.620. The fraction of sp³-hybridized carbons (Fsp3) is 0.929. The summed E-state index contributed by atoms with van der Waals surface area (Å²) in [6.07, 6.45) is 10.1. The Bertz CT molecular complexity index is 210. The maximum absolute atomic E-state index is 11.7. The summed E-state index contributed by atoms with van der Waals surface area (Å²) in [4.78, 5) is 13.9. The highest BCUT2D eigenvalue weighted by atomic mass is 16.2. The second kappa shape index (κ2) is 8.51. The first-order valence-electron chi connectivity index (χ1n) is 7.21. The molecule has 100 valence electrons. The molecular formula is C14H28N2O. The molecule has 1 aliphatic rings. The Hall–Kier alpha value is -0.570. The van der Waals surface area contributed by atoms with Crippen molar-refractivity contribution in [3.05, 3.63) is 0 Å². The minimum atomic E-state index is 0.185. The minimum absolute atomic E-state index is 0.185. The van der Waals surface area contributed by atoms with Crippen LogP contribution < -0.4 is 5.32 Å². The Kier molecular flexibility index (Phi) is 7.25. The highest BCUT2D eigenvalue weighted by Gasteiger charge is 2.18. The van der Waals surface area contributed by atoms with Crippen molar-refractivity contribution >= 4 is 5.91 Å². The molecule has 0 bridgehead atoms. The van der Waals surface area contributed by atoms with Crippen LogP contribution in [0.1, 0.15) is 58.3 Å². The van der Waals surface area contributed by atoms with Gasteiger partial charge in [0, 0.05) is 12.6 Å². The van der Waals surface area contributed by atoms with E-state index in [9.17, 15) is 4.79 Å². The Morgan fingerprint density at radius 1 is 1.24 bits per heavy atom. The summed E-state index contributed by atoms with van der Waals surface area (Å²) in [5.41, 5.74) is 0. The summed E-state index contributed by atoms with van der Waals surface area (Å²) < 4.78 is 0. The summed E-state index contributed by atoms with van der Waals surface area (Å²) >= 11 is 0. The second-order valence-electron chi connectivity index (χ2n) is 5.26. The minimum Gasteiger partial charge on any atom is -0.355 e. The maximum atomic E-state index is 11.7. The van der Waals surface area contributed by atoms with E-state index in [4.69, 9.17) is 0 Å². The van der Waals surface area contributed by atoms with Crippen LogP contribution in [0, 0.1) is 0 Å². The summed E-state index contributed by atoms with van der Waals surface area (Å²) in [5.74, 6) is 0.185. The van der Waals surface area contributed by atoms with Gasteiger partial charge in [0.1, 0.15) is 0 Å². The van der Waals surface area contributed by atoms with Crippen molar-refractivity contribution in [1.82, 2.24) is 10.2 Å². The van der Waals surface area contributed by atoms with Gasteiger partial charge in [-0.25, -0.2) is 0 Å². The first-order chi connectivity index (χ1) is 8.24. The van der Waals surface area contributed by atoms with Crippen LogP contribution in [-0.4, -0.2) is 37.0 Å². The Morgan fingerprint density at radius 3 is 2.47 bits per heavy atom. The molecule has 0 heterocycles. The summed E-state index contributed by atoms with van der Waals surface area (Å²) in [5, 5.41) is 2.99. The Balaban J connectivity index is 2.21. The normalized spacial score (nSPS) is 18.1. The predicted molar refractivity (Wildman–Crippen MR) is 72.0 cm³/mol. The smallest absolute Gasteiger partial charge is 0.234 e. The van der Waals surface area contributed by atoms with E-state index in [2.05, 4.69) is 24.2 Å². The molecule has 1 saturated carbocycles. The molecule has 0 aromatic carbocycles. The highest BCUT2D eigenvalue weighted by Crippen LogP contribution is 2.20. The molecule has 0 radical (unpaired) electrons. The van der Waals surface area contributed by atoms with Gasteiger partial charge in [-0.05, 0) is 26.3 Å². The van der Waals surface area contributed by atoms with Crippen molar-refractivity contribution < 1.29 is 4.79 Å². The van der Waals surface area contributed by atoms with Crippen LogP contribution >= 0.6 is 0 Å². The molecule has 0 atom stereocenters. The topological polar surface area (TPSA) is 32.3 Å². The fourth-order valence-corrected chi connectivity index (χ4v) is 2.51. The van der Waals surface area contributed by atoms with Gasteiger partial charge >= 0.3 is 0 Å². The Labute approximate surface area is 106 Å². The molecule has 1 N–H and O–H groups in total. The molecule has 0 saturated heterocycles. The molecule has 17 heavy (non-hydrogen) atoms. The lowest BCUT2D eigenvalue weighted by molar-refractivity contribution is -0.122. The van der Waals surface area contributed by atoms with Gasteiger partial charge in [-0.15, -0.1) is 0 Å². The molecule has 3 nitrogen and oxygen atoms in total. The zero-order chi connectivity index (χ0) is 12.5. The number of nitrogens with zero attached hydrogens (tertiary/aromatic N) is 1. The van der Waals surface area contributed by atoms with Crippen LogP contribution in [0.3, 0.4) is 0 Å². The third-order valence-electron chi connectivity index (χ3n) is 3.69. The van der Waals surface area contributed by atoms with E-state index in [-0.39, 0.29) is 5.91 Å². The largest absolute Gasteiger partial charge is 0.355 e.